The second-order valence-corrected chi connectivity index (χ2v) is 6.66. The van der Waals surface area contributed by atoms with Gasteiger partial charge in [0.2, 0.25) is 5.91 Å². The Morgan fingerprint density at radius 3 is 3.14 bits per heavy atom. The predicted molar refractivity (Wildman–Crippen MR) is 84.7 cm³/mol. The molecule has 2 aromatic heterocycles. The number of hydrogen-bond acceptors (Lipinski definition) is 5. The van der Waals surface area contributed by atoms with E-state index >= 15 is 0 Å². The zero-order valence-electron chi connectivity index (χ0n) is 12.8. The van der Waals surface area contributed by atoms with Crippen LogP contribution >= 0.6 is 11.3 Å². The Hall–Kier alpha value is -1.76. The van der Waals surface area contributed by atoms with Crippen molar-refractivity contribution in [1.29, 1.82) is 0 Å². The molecule has 7 heteroatoms. The second kappa shape index (κ2) is 7.00. The van der Waals surface area contributed by atoms with Gasteiger partial charge in [0, 0.05) is 43.0 Å². The third kappa shape index (κ3) is 3.71. The molecule has 1 aliphatic heterocycles. The molecule has 118 valence electrons. The van der Waals surface area contributed by atoms with Gasteiger partial charge in [0.05, 0.1) is 5.01 Å². The Bertz CT molecular complexity index is 609. The molecule has 1 atom stereocenters. The fraction of sp³-hybridized carbons (Fsp3) is 0.600. The van der Waals surface area contributed by atoms with Gasteiger partial charge >= 0.3 is 0 Å². The van der Waals surface area contributed by atoms with Crippen LogP contribution in [0.4, 0.5) is 0 Å². The summed E-state index contributed by atoms with van der Waals surface area (Å²) < 4.78 is 1.77. The zero-order valence-corrected chi connectivity index (χ0v) is 13.6. The third-order valence-corrected chi connectivity index (χ3v) is 5.13. The molecule has 0 bridgehead atoms. The van der Waals surface area contributed by atoms with E-state index in [9.17, 15) is 4.79 Å². The summed E-state index contributed by atoms with van der Waals surface area (Å²) in [6.07, 6.45) is 6.79. The quantitative estimate of drug-likeness (QED) is 0.848. The lowest BCUT2D eigenvalue weighted by Crippen LogP contribution is -2.39. The van der Waals surface area contributed by atoms with Crippen molar-refractivity contribution in [3.8, 4) is 0 Å². The van der Waals surface area contributed by atoms with Gasteiger partial charge in [-0.05, 0) is 26.2 Å². The van der Waals surface area contributed by atoms with Crippen molar-refractivity contribution in [2.75, 3.05) is 13.1 Å². The molecule has 0 spiro atoms. The molecule has 3 rings (SSSR count). The molecule has 1 aliphatic rings. The van der Waals surface area contributed by atoms with E-state index in [1.54, 1.807) is 22.3 Å². The average Bonchev–Trinajstić information content (AvgIpc) is 3.19. The summed E-state index contributed by atoms with van der Waals surface area (Å²) in [5.74, 6) is 0.657. The van der Waals surface area contributed by atoms with E-state index in [4.69, 9.17) is 0 Å². The van der Waals surface area contributed by atoms with Crippen molar-refractivity contribution < 1.29 is 4.79 Å². The monoisotopic (exact) mass is 319 g/mol. The van der Waals surface area contributed by atoms with E-state index in [1.807, 2.05) is 11.8 Å². The summed E-state index contributed by atoms with van der Waals surface area (Å²) in [6, 6.07) is 0. The number of hydrogen-bond donors (Lipinski definition) is 0. The highest BCUT2D eigenvalue weighted by Crippen LogP contribution is 2.29. The van der Waals surface area contributed by atoms with Gasteiger partial charge in [-0.25, -0.2) is 9.97 Å². The maximum Gasteiger partial charge on any atom is 0.222 e. The van der Waals surface area contributed by atoms with Gasteiger partial charge < -0.3 is 4.90 Å². The lowest BCUT2D eigenvalue weighted by Gasteiger charge is -2.32. The van der Waals surface area contributed by atoms with Crippen molar-refractivity contribution in [1.82, 2.24) is 24.6 Å². The largest absolute Gasteiger partial charge is 0.342 e. The number of thiazole rings is 1. The summed E-state index contributed by atoms with van der Waals surface area (Å²) in [6.45, 7) is 4.46. The maximum absolute atomic E-state index is 12.4. The summed E-state index contributed by atoms with van der Waals surface area (Å²) in [5.41, 5.74) is 1.08. The van der Waals surface area contributed by atoms with Crippen molar-refractivity contribution in [3.63, 3.8) is 0 Å². The van der Waals surface area contributed by atoms with Crippen LogP contribution in [0, 0.1) is 6.92 Å². The van der Waals surface area contributed by atoms with Crippen LogP contribution in [0.15, 0.2) is 18.0 Å². The molecular formula is C15H21N5OS. The second-order valence-electron chi connectivity index (χ2n) is 5.77. The Morgan fingerprint density at radius 1 is 1.50 bits per heavy atom. The molecule has 1 amide bonds. The fourth-order valence-electron chi connectivity index (χ4n) is 2.86. The van der Waals surface area contributed by atoms with Crippen LogP contribution in [0.25, 0.3) is 0 Å². The van der Waals surface area contributed by atoms with Gasteiger partial charge in [-0.3, -0.25) is 9.48 Å². The van der Waals surface area contributed by atoms with E-state index in [-0.39, 0.29) is 5.91 Å². The minimum absolute atomic E-state index is 0.248. The molecule has 0 saturated carbocycles. The highest BCUT2D eigenvalue weighted by molar-refractivity contribution is 7.09. The van der Waals surface area contributed by atoms with Crippen molar-refractivity contribution in [2.45, 2.75) is 45.1 Å². The van der Waals surface area contributed by atoms with E-state index in [0.717, 1.165) is 44.6 Å². The summed E-state index contributed by atoms with van der Waals surface area (Å²) in [4.78, 5) is 22.9. The van der Waals surface area contributed by atoms with Gasteiger partial charge in [-0.1, -0.05) is 0 Å². The SMILES string of the molecule is Cc1csc([C@H]2CCCN(C(=O)CCCn3cncn3)C2)n1. The molecule has 6 nitrogen and oxygen atoms in total. The Labute approximate surface area is 134 Å². The van der Waals surface area contributed by atoms with E-state index in [0.29, 0.717) is 12.3 Å². The smallest absolute Gasteiger partial charge is 0.222 e. The molecular weight excluding hydrogens is 298 g/mol. The number of aryl methyl sites for hydroxylation is 2. The van der Waals surface area contributed by atoms with Crippen LogP contribution in [0.1, 0.15) is 42.3 Å². The number of carbonyl (C=O) groups excluding carboxylic acids is 1. The van der Waals surface area contributed by atoms with Crippen LogP contribution in [-0.4, -0.2) is 43.6 Å². The first-order valence-corrected chi connectivity index (χ1v) is 8.62. The van der Waals surface area contributed by atoms with Crippen molar-refractivity contribution >= 4 is 17.2 Å². The first-order chi connectivity index (χ1) is 10.7. The van der Waals surface area contributed by atoms with Gasteiger partial charge in [0.25, 0.3) is 0 Å². The minimum atomic E-state index is 0.248. The van der Waals surface area contributed by atoms with E-state index < -0.39 is 0 Å². The molecule has 2 aromatic rings. The summed E-state index contributed by atoms with van der Waals surface area (Å²) in [7, 11) is 0. The molecule has 0 aromatic carbocycles. The number of carbonyl (C=O) groups is 1. The fourth-order valence-corrected chi connectivity index (χ4v) is 3.79. The van der Waals surface area contributed by atoms with Gasteiger partial charge in [0.15, 0.2) is 0 Å². The molecule has 22 heavy (non-hydrogen) atoms. The van der Waals surface area contributed by atoms with Crippen LogP contribution < -0.4 is 0 Å². The molecule has 0 aliphatic carbocycles. The Morgan fingerprint density at radius 2 is 2.41 bits per heavy atom. The molecule has 1 fully saturated rings. The summed E-state index contributed by atoms with van der Waals surface area (Å²) >= 11 is 1.72. The topological polar surface area (TPSA) is 63.9 Å². The zero-order chi connectivity index (χ0) is 15.4. The lowest BCUT2D eigenvalue weighted by molar-refractivity contribution is -0.132. The molecule has 0 unspecified atom stereocenters. The van der Waals surface area contributed by atoms with Crippen molar-refractivity contribution in [3.05, 3.63) is 28.7 Å². The lowest BCUT2D eigenvalue weighted by atomic mass is 9.98. The summed E-state index contributed by atoms with van der Waals surface area (Å²) in [5, 5.41) is 7.32. The van der Waals surface area contributed by atoms with Crippen LogP contribution in [0.3, 0.4) is 0 Å². The Kier molecular flexibility index (Phi) is 4.82. The maximum atomic E-state index is 12.4. The predicted octanol–water partition coefficient (Wildman–Crippen LogP) is 2.23. The van der Waals surface area contributed by atoms with E-state index in [1.165, 1.54) is 11.3 Å². The Balaban J connectivity index is 1.49. The number of nitrogens with zero attached hydrogens (tertiary/aromatic N) is 5. The highest BCUT2D eigenvalue weighted by Gasteiger charge is 2.26. The normalized spacial score (nSPS) is 18.6. The van der Waals surface area contributed by atoms with Gasteiger partial charge in [-0.2, -0.15) is 5.10 Å². The van der Waals surface area contributed by atoms with Crippen molar-refractivity contribution in [2.24, 2.45) is 0 Å². The molecule has 1 saturated heterocycles. The average molecular weight is 319 g/mol. The third-order valence-electron chi connectivity index (χ3n) is 4.00. The van der Waals surface area contributed by atoms with Crippen LogP contribution in [-0.2, 0) is 11.3 Å². The number of rotatable bonds is 5. The van der Waals surface area contributed by atoms with Gasteiger partial charge in [0.1, 0.15) is 12.7 Å². The first-order valence-electron chi connectivity index (χ1n) is 7.74. The minimum Gasteiger partial charge on any atom is -0.342 e. The number of aromatic nitrogens is 4. The molecule has 0 N–H and O–H groups in total. The highest BCUT2D eigenvalue weighted by atomic mass is 32.1. The van der Waals surface area contributed by atoms with Gasteiger partial charge in [-0.15, -0.1) is 11.3 Å². The number of likely N-dealkylation sites (tertiary alicyclic amines) is 1. The van der Waals surface area contributed by atoms with E-state index in [2.05, 4.69) is 20.4 Å². The first kappa shape index (κ1) is 15.1. The standard InChI is InChI=1S/C15H21N5OS/c1-12-9-22-15(18-12)13-4-2-6-19(8-13)14(21)5-3-7-20-11-16-10-17-20/h9-11,13H,2-8H2,1H3/t13-/m0/s1. The van der Waals surface area contributed by atoms with Crippen LogP contribution in [0.5, 0.6) is 0 Å². The molecule has 3 heterocycles. The number of piperidine rings is 1. The van der Waals surface area contributed by atoms with Crippen LogP contribution in [0.2, 0.25) is 0 Å². The number of amides is 1. The molecule has 0 radical (unpaired) electrons.